The van der Waals surface area contributed by atoms with E-state index in [1.54, 1.807) is 0 Å². The third-order valence-corrected chi connectivity index (χ3v) is 7.08. The molecule has 3 rings (SSSR count). The molecule has 2 aromatic carbocycles. The second-order valence-electron chi connectivity index (χ2n) is 8.52. The second-order valence-corrected chi connectivity index (χ2v) is 9.71. The summed E-state index contributed by atoms with van der Waals surface area (Å²) in [7, 11) is 1.49. The molecule has 6 heteroatoms. The van der Waals surface area contributed by atoms with Crippen LogP contribution in [0.15, 0.2) is 59.1 Å². The van der Waals surface area contributed by atoms with Gasteiger partial charge in [-0.1, -0.05) is 75.4 Å². The van der Waals surface area contributed by atoms with E-state index in [0.29, 0.717) is 23.1 Å². The van der Waals surface area contributed by atoms with Gasteiger partial charge in [-0.3, -0.25) is 14.5 Å². The van der Waals surface area contributed by atoms with Gasteiger partial charge in [0.05, 0.1) is 5.25 Å². The third kappa shape index (κ3) is 5.66. The molecule has 0 bridgehead atoms. The number of aryl methyl sites for hydroxylation is 1. The molecular formula is C27H31N3O2S. The highest BCUT2D eigenvalue weighted by Gasteiger charge is 2.40. The van der Waals surface area contributed by atoms with Gasteiger partial charge in [0, 0.05) is 12.7 Å². The molecule has 2 amide bonds. The Labute approximate surface area is 200 Å². The minimum atomic E-state index is -0.488. The fourth-order valence-electron chi connectivity index (χ4n) is 3.79. The van der Waals surface area contributed by atoms with Crippen molar-refractivity contribution in [1.29, 1.82) is 5.26 Å². The summed E-state index contributed by atoms with van der Waals surface area (Å²) in [5, 5.41) is 12.2. The first-order valence-corrected chi connectivity index (χ1v) is 12.3. The van der Waals surface area contributed by atoms with Crippen molar-refractivity contribution < 1.29 is 9.59 Å². The lowest BCUT2D eigenvalue weighted by molar-refractivity contribution is -0.117. The summed E-state index contributed by atoms with van der Waals surface area (Å²) >= 11 is 1.29. The van der Waals surface area contributed by atoms with Gasteiger partial charge in [0.25, 0.3) is 5.91 Å². The molecule has 1 aliphatic rings. The number of carbonyl (C=O) groups excluding carboxylic acids is 2. The molecule has 1 N–H and O–H groups in total. The van der Waals surface area contributed by atoms with Crippen LogP contribution < -0.4 is 10.2 Å². The lowest BCUT2D eigenvalue weighted by atomic mass is 10.0. The molecule has 5 nitrogen and oxygen atoms in total. The number of likely N-dealkylation sites (N-methyl/N-ethyl adjacent to an activating group) is 1. The van der Waals surface area contributed by atoms with E-state index in [9.17, 15) is 14.9 Å². The molecule has 0 radical (unpaired) electrons. The Kier molecular flexibility index (Phi) is 8.35. The van der Waals surface area contributed by atoms with Crippen molar-refractivity contribution in [2.45, 2.75) is 57.6 Å². The first kappa shape index (κ1) is 24.6. The van der Waals surface area contributed by atoms with Crippen LogP contribution in [0.4, 0.5) is 5.69 Å². The number of anilines is 1. The van der Waals surface area contributed by atoms with Gasteiger partial charge in [-0.2, -0.15) is 5.26 Å². The highest BCUT2D eigenvalue weighted by Crippen LogP contribution is 2.42. The minimum absolute atomic E-state index is 0.0406. The fraction of sp³-hybridized carbons (Fsp3) is 0.370. The molecule has 172 valence electrons. The quantitative estimate of drug-likeness (QED) is 0.426. The summed E-state index contributed by atoms with van der Waals surface area (Å²) in [5.74, 6) is -0.233. The molecule has 1 fully saturated rings. The van der Waals surface area contributed by atoms with E-state index < -0.39 is 11.2 Å². The molecule has 0 aliphatic carbocycles. The van der Waals surface area contributed by atoms with Crippen LogP contribution in [-0.4, -0.2) is 24.1 Å². The first-order chi connectivity index (χ1) is 15.9. The van der Waals surface area contributed by atoms with Crippen molar-refractivity contribution in [3.63, 3.8) is 0 Å². The maximum absolute atomic E-state index is 13.5. The van der Waals surface area contributed by atoms with Gasteiger partial charge in [0.15, 0.2) is 0 Å². The summed E-state index contributed by atoms with van der Waals surface area (Å²) in [5.41, 5.74) is 4.15. The molecule has 1 atom stereocenters. The topological polar surface area (TPSA) is 73.2 Å². The van der Waals surface area contributed by atoms with E-state index in [1.807, 2.05) is 30.3 Å². The molecular weight excluding hydrogens is 430 g/mol. The maximum Gasteiger partial charge on any atom is 0.264 e. The van der Waals surface area contributed by atoms with Crippen molar-refractivity contribution in [2.75, 3.05) is 11.9 Å². The number of hydrogen-bond acceptors (Lipinski definition) is 4. The number of amides is 2. The maximum atomic E-state index is 13.5. The molecule has 0 saturated carbocycles. The van der Waals surface area contributed by atoms with Gasteiger partial charge < -0.3 is 5.32 Å². The molecule has 1 saturated heterocycles. The Morgan fingerprint density at radius 3 is 2.30 bits per heavy atom. The largest absolute Gasteiger partial charge is 0.354 e. The number of nitriles is 1. The summed E-state index contributed by atoms with van der Waals surface area (Å²) < 4.78 is 0. The van der Waals surface area contributed by atoms with Gasteiger partial charge in [0.2, 0.25) is 5.91 Å². The molecule has 1 heterocycles. The van der Waals surface area contributed by atoms with Crippen LogP contribution in [0.5, 0.6) is 0 Å². The molecule has 1 aliphatic heterocycles. The number of hydrogen-bond donors (Lipinski definition) is 1. The normalized spacial score (nSPS) is 17.3. The van der Waals surface area contributed by atoms with Crippen molar-refractivity contribution in [1.82, 2.24) is 5.32 Å². The minimum Gasteiger partial charge on any atom is -0.354 e. The van der Waals surface area contributed by atoms with E-state index in [2.05, 4.69) is 50.4 Å². The number of nitrogens with zero attached hydrogens (tertiary/aromatic N) is 2. The van der Waals surface area contributed by atoms with Gasteiger partial charge >= 0.3 is 0 Å². The summed E-state index contributed by atoms with van der Waals surface area (Å²) in [4.78, 5) is 27.4. The average Bonchev–Trinajstić information content (AvgIpc) is 3.14. The zero-order valence-electron chi connectivity index (χ0n) is 19.7. The fourth-order valence-corrected chi connectivity index (χ4v) is 5.10. The Balaban J connectivity index is 1.93. The number of carbonyl (C=O) groups is 2. The van der Waals surface area contributed by atoms with Gasteiger partial charge in [-0.05, 0) is 54.0 Å². The molecule has 0 aromatic heterocycles. The highest BCUT2D eigenvalue weighted by molar-refractivity contribution is 8.05. The Morgan fingerprint density at radius 1 is 1.12 bits per heavy atom. The molecule has 2 aromatic rings. The van der Waals surface area contributed by atoms with E-state index in [1.165, 1.54) is 29.3 Å². The molecule has 1 unspecified atom stereocenters. The van der Waals surface area contributed by atoms with Gasteiger partial charge in [-0.15, -0.1) is 0 Å². The average molecular weight is 462 g/mol. The number of rotatable bonds is 8. The van der Waals surface area contributed by atoms with Crippen molar-refractivity contribution in [3.8, 4) is 6.07 Å². The summed E-state index contributed by atoms with van der Waals surface area (Å²) in [6.07, 6.45) is 3.91. The SMILES string of the molecule is CCCCc1ccc(CC2S/C(=C(/C#N)C(=O)NC)N(c3ccc(C(C)C)cc3)C2=O)cc1. The first-order valence-electron chi connectivity index (χ1n) is 11.4. The number of unbranched alkanes of at least 4 members (excludes halogenated alkanes) is 1. The standard InChI is InChI=1S/C27H31N3O2S/c1-5-6-7-19-8-10-20(11-9-19)16-24-26(32)30(22-14-12-21(13-15-22)18(2)3)27(33-24)23(17-28)25(31)29-4/h8-15,18,24H,5-7,16H2,1-4H3,(H,29,31)/b27-23-. The van der Waals surface area contributed by atoms with Crippen LogP contribution in [-0.2, 0) is 22.4 Å². The predicted molar refractivity (Wildman–Crippen MR) is 135 cm³/mol. The van der Waals surface area contributed by atoms with Crippen molar-refractivity contribution >= 4 is 29.3 Å². The summed E-state index contributed by atoms with van der Waals surface area (Å²) in [6.45, 7) is 6.40. The molecule has 0 spiro atoms. The van der Waals surface area contributed by atoms with Crippen LogP contribution in [0, 0.1) is 11.3 Å². The summed E-state index contributed by atoms with van der Waals surface area (Å²) in [6, 6.07) is 18.2. The van der Waals surface area contributed by atoms with E-state index in [4.69, 9.17) is 0 Å². The number of nitrogens with one attached hydrogen (secondary N) is 1. The zero-order chi connectivity index (χ0) is 24.0. The van der Waals surface area contributed by atoms with Crippen LogP contribution >= 0.6 is 11.8 Å². The van der Waals surface area contributed by atoms with Crippen LogP contribution in [0.3, 0.4) is 0 Å². The van der Waals surface area contributed by atoms with E-state index >= 15 is 0 Å². The van der Waals surface area contributed by atoms with Gasteiger partial charge in [-0.25, -0.2) is 0 Å². The monoisotopic (exact) mass is 461 g/mol. The third-order valence-electron chi connectivity index (χ3n) is 5.81. The number of benzene rings is 2. The van der Waals surface area contributed by atoms with Gasteiger partial charge in [0.1, 0.15) is 16.7 Å². The number of thioether (sulfide) groups is 1. The van der Waals surface area contributed by atoms with Crippen LogP contribution in [0.2, 0.25) is 0 Å². The smallest absolute Gasteiger partial charge is 0.264 e. The van der Waals surface area contributed by atoms with E-state index in [0.717, 1.165) is 30.4 Å². The Hall–Kier alpha value is -3.04. The zero-order valence-corrected chi connectivity index (χ0v) is 20.5. The lowest BCUT2D eigenvalue weighted by Crippen LogP contribution is -2.31. The second kappa shape index (κ2) is 11.2. The van der Waals surface area contributed by atoms with E-state index in [-0.39, 0.29) is 11.5 Å². The Bertz CT molecular complexity index is 1070. The predicted octanol–water partition coefficient (Wildman–Crippen LogP) is 5.32. The van der Waals surface area contributed by atoms with Crippen LogP contribution in [0.25, 0.3) is 0 Å². The van der Waals surface area contributed by atoms with Crippen LogP contribution in [0.1, 0.15) is 56.2 Å². The highest BCUT2D eigenvalue weighted by atomic mass is 32.2. The Morgan fingerprint density at radius 2 is 1.76 bits per heavy atom. The van der Waals surface area contributed by atoms with Crippen molar-refractivity contribution in [2.24, 2.45) is 0 Å². The van der Waals surface area contributed by atoms with Crippen molar-refractivity contribution in [3.05, 3.63) is 75.8 Å². The lowest BCUT2D eigenvalue weighted by Gasteiger charge is -2.19. The molecule has 33 heavy (non-hydrogen) atoms.